The molecule has 2 saturated heterocycles. The van der Waals surface area contributed by atoms with Crippen LogP contribution in [0, 0.1) is 11.8 Å². The van der Waals surface area contributed by atoms with E-state index in [0.717, 1.165) is 27.4 Å². The zero-order valence-corrected chi connectivity index (χ0v) is 68.3. The van der Waals surface area contributed by atoms with Crippen LogP contribution in [0.2, 0.25) is 0 Å². The van der Waals surface area contributed by atoms with Crippen LogP contribution in [-0.4, -0.2) is 239 Å². The molecular formula is C81H112N20O17S. The van der Waals surface area contributed by atoms with E-state index >= 15 is 4.79 Å². The molecule has 3 aromatic heterocycles. The molecule has 8 rings (SSSR count). The summed E-state index contributed by atoms with van der Waals surface area (Å²) in [5, 5.41) is 48.1. The molecule has 0 spiro atoms. The number of aliphatic hydroxyl groups is 1. The molecule has 119 heavy (non-hydrogen) atoms. The second-order valence-corrected chi connectivity index (χ2v) is 32.0. The van der Waals surface area contributed by atoms with Crippen molar-refractivity contribution in [3.63, 3.8) is 0 Å². The highest BCUT2D eigenvalue weighted by molar-refractivity contribution is 7.98. The third-order valence-corrected chi connectivity index (χ3v) is 21.4. The van der Waals surface area contributed by atoms with Gasteiger partial charge in [-0.05, 0) is 149 Å². The summed E-state index contributed by atoms with van der Waals surface area (Å²) in [6, 6.07) is -1.34. The van der Waals surface area contributed by atoms with Crippen LogP contribution < -0.4 is 76.1 Å². The lowest BCUT2D eigenvalue weighted by Crippen LogP contribution is -2.61. The molecule has 14 amide bonds. The first kappa shape index (κ1) is 92.6. The van der Waals surface area contributed by atoms with Gasteiger partial charge in [0, 0.05) is 96.9 Å². The number of aromatic nitrogens is 4. The molecule has 0 unspecified atom stereocenters. The Bertz CT molecular complexity index is 4550. The van der Waals surface area contributed by atoms with E-state index in [1.807, 2.05) is 42.5 Å². The molecule has 3 aliphatic rings. The number of nitrogens with one attached hydrogen (secondary N) is 13. The van der Waals surface area contributed by atoms with Crippen LogP contribution in [0.4, 0.5) is 0 Å². The second kappa shape index (κ2) is 45.2. The molecular weight excluding hydrogens is 1560 g/mol. The molecule has 0 bridgehead atoms. The lowest BCUT2D eigenvalue weighted by molar-refractivity contribution is -0.143. The number of fused-ring (bicyclic) bond motifs is 2. The number of aromatic amines is 3. The zero-order valence-electron chi connectivity index (χ0n) is 67.5. The van der Waals surface area contributed by atoms with Crippen molar-refractivity contribution in [2.24, 2.45) is 34.8 Å². The minimum Gasteiger partial charge on any atom is -0.501 e. The Morgan fingerprint density at radius 3 is 1.55 bits per heavy atom. The van der Waals surface area contributed by atoms with Crippen LogP contribution in [0.5, 0.6) is 0 Å². The van der Waals surface area contributed by atoms with Gasteiger partial charge in [0.2, 0.25) is 82.7 Å². The largest absolute Gasteiger partial charge is 0.501 e. The number of likely N-dealkylation sites (tertiary alicyclic amines) is 2. The smallest absolute Gasteiger partial charge is 0.326 e. The number of thioether (sulfide) groups is 1. The molecule has 12 atom stereocenters. The number of nitrogens with zero attached hydrogens (tertiary/aromatic N) is 3. The van der Waals surface area contributed by atoms with Gasteiger partial charge in [-0.25, -0.2) is 9.78 Å². The van der Waals surface area contributed by atoms with E-state index in [2.05, 4.69) is 78.8 Å². The molecule has 5 aromatic rings. The Morgan fingerprint density at radius 1 is 0.546 bits per heavy atom. The number of carbonyl (C=O) groups is 15. The van der Waals surface area contributed by atoms with E-state index in [1.165, 1.54) is 46.2 Å². The number of H-pyrrole nitrogens is 3. The fraction of sp³-hybridized carbons (Fsp3) is 0.519. The van der Waals surface area contributed by atoms with Crippen molar-refractivity contribution in [3.8, 4) is 0 Å². The maximum Gasteiger partial charge on any atom is 0.326 e. The normalized spacial score (nSPS) is 16.9. The maximum atomic E-state index is 15.1. The Labute approximate surface area is 692 Å². The first-order valence-corrected chi connectivity index (χ1v) is 41.5. The van der Waals surface area contributed by atoms with Gasteiger partial charge < -0.3 is 111 Å². The maximum absolute atomic E-state index is 15.1. The van der Waals surface area contributed by atoms with Gasteiger partial charge in [0.05, 0.1) is 18.9 Å². The Kier molecular flexibility index (Phi) is 35.2. The van der Waals surface area contributed by atoms with Crippen molar-refractivity contribution < 1.29 is 82.1 Å². The van der Waals surface area contributed by atoms with Gasteiger partial charge in [0.15, 0.2) is 5.76 Å². The molecule has 0 saturated carbocycles. The summed E-state index contributed by atoms with van der Waals surface area (Å²) < 4.78 is 0. The number of hydrogen-bond acceptors (Lipinski definition) is 20. The highest BCUT2D eigenvalue weighted by Crippen LogP contribution is 2.26. The van der Waals surface area contributed by atoms with Crippen LogP contribution in [-0.2, 0) is 91.2 Å². The highest BCUT2D eigenvalue weighted by Gasteiger charge is 2.43. The molecule has 2 aliphatic heterocycles. The zero-order chi connectivity index (χ0) is 86.6. The number of carboxylic acids is 1. The van der Waals surface area contributed by atoms with Gasteiger partial charge in [-0.3, -0.25) is 67.1 Å². The fourth-order valence-electron chi connectivity index (χ4n) is 14.6. The summed E-state index contributed by atoms with van der Waals surface area (Å²) in [5.41, 5.74) is 29.9. The number of nitrogens with two attached hydrogens (primary N) is 4. The van der Waals surface area contributed by atoms with Crippen molar-refractivity contribution in [2.75, 3.05) is 38.2 Å². The molecule has 1 aliphatic carbocycles. The number of carbonyl (C=O) groups excluding carboxylic acids is 14. The van der Waals surface area contributed by atoms with Crippen molar-refractivity contribution in [1.29, 1.82) is 0 Å². The van der Waals surface area contributed by atoms with E-state index in [9.17, 15) is 77.3 Å². The van der Waals surface area contributed by atoms with Crippen LogP contribution in [0.1, 0.15) is 141 Å². The van der Waals surface area contributed by atoms with Gasteiger partial charge in [0.1, 0.15) is 66.5 Å². The van der Waals surface area contributed by atoms with Crippen molar-refractivity contribution >= 4 is 122 Å². The minimum absolute atomic E-state index is 0.0118. The molecule has 38 heteroatoms. The average molecular weight is 1670 g/mol. The molecule has 2 aromatic carbocycles. The number of rotatable bonds is 48. The minimum atomic E-state index is -1.58. The monoisotopic (exact) mass is 1670 g/mol. The number of unbranched alkanes of at least 4 members (excludes halogenated alkanes) is 1. The summed E-state index contributed by atoms with van der Waals surface area (Å²) >= 11 is 1.36. The van der Waals surface area contributed by atoms with Crippen LogP contribution in [0.15, 0.2) is 103 Å². The van der Waals surface area contributed by atoms with Gasteiger partial charge in [-0.15, -0.1) is 0 Å². The average Bonchev–Trinajstić information content (AvgIpc) is 1.73. The van der Waals surface area contributed by atoms with Gasteiger partial charge in [-0.1, -0.05) is 69.8 Å². The SMILES string of the molecule is CSCC[C@H](NC(=O)[C@@H]1CCCN1C(=O)[C@H](CCC(N)=O)NC(=O)CNC(=O)[C@@H]1CCCN1C(=O)[C@H](CCCCN)NC(=O)[C@H](CC(C)C)NC(=O)[C@H](CCC(N)=O)NC(=O)[C@H](CC(C)C)NC(=O)[C@H](Cc1c[nH]c2ccccc12)NC(=O)[C@H](Cc1cnc[nH]1)NC(=O)[C@@H](N)Cc1c[nH]c2ccccc12)C(=O)N[C@@H](CC1=C=C(O)C=C1)C(=O)O. The molecule has 23 N–H and O–H groups in total. The number of primary amides is 2. The number of para-hydroxylation sites is 2. The summed E-state index contributed by atoms with van der Waals surface area (Å²) in [6.45, 7) is 6.63. The summed E-state index contributed by atoms with van der Waals surface area (Å²) in [7, 11) is 0. The van der Waals surface area contributed by atoms with Crippen molar-refractivity contribution in [3.05, 3.63) is 119 Å². The highest BCUT2D eigenvalue weighted by atomic mass is 32.2. The predicted octanol–water partition coefficient (Wildman–Crippen LogP) is -0.294. The van der Waals surface area contributed by atoms with Gasteiger partial charge in [-0.2, -0.15) is 11.8 Å². The van der Waals surface area contributed by atoms with E-state index < -0.39 is 181 Å². The number of imidazole rings is 1. The molecule has 644 valence electrons. The van der Waals surface area contributed by atoms with Crippen LogP contribution in [0.25, 0.3) is 21.8 Å². The second-order valence-electron chi connectivity index (χ2n) is 31.0. The van der Waals surface area contributed by atoms with Crippen molar-refractivity contribution in [1.82, 2.24) is 82.9 Å². The van der Waals surface area contributed by atoms with Crippen LogP contribution >= 0.6 is 11.8 Å². The fourth-order valence-corrected chi connectivity index (χ4v) is 15.1. The van der Waals surface area contributed by atoms with Gasteiger partial charge >= 0.3 is 5.97 Å². The van der Waals surface area contributed by atoms with E-state index in [1.54, 1.807) is 52.4 Å². The molecule has 5 heterocycles. The lowest BCUT2D eigenvalue weighted by Gasteiger charge is -2.31. The standard InChI is InChI=1S/C81H112N20O17S/c1-44(2)32-60(97-75(111)62(37-48-40-88-55-17-9-7-15-52(48)55)98-76(112)63(38-49-41-86-43-90-49)95-70(106)53(83)36-47-39-87-54-16-8-6-14-51(47)54)73(109)92-56(23-25-67(84)103)71(107)96-61(33-45(3)4)74(110)94-58(18-10-11-28-82)79(115)100-29-12-19-65(100)77(113)89-42-69(105)91-59(24-26-68(85)104)80(116)101-30-13-20-66(101)78(114)93-57(27-31-119-5)72(108)99-64(81(117)118)35-46-21-22-50(102)34-46/h6-9,14-17,21-22,39-41,43-45,53,56-66,87-88,102H,10-13,18-20,23-33,35-38,42,82-83H2,1-5H3,(H2,84,103)(H2,85,104)(H,86,90)(H,89,113)(H,91,105)(H,92,109)(H,93,114)(H,94,110)(H,95,106)(H,96,107)(H,97,111)(H,98,112)(H,99,108)(H,117,118)/t53-,56-,57-,58-,59-,60-,61-,62-,63-,64-,65-,66-/m0/s1. The topological polar surface area (TPSA) is 588 Å². The Morgan fingerprint density at radius 2 is 1.03 bits per heavy atom. The molecule has 0 radical (unpaired) electrons. The Balaban J connectivity index is 0.927. The van der Waals surface area contributed by atoms with Gasteiger partial charge in [0.25, 0.3) is 0 Å². The van der Waals surface area contributed by atoms with E-state index in [0.29, 0.717) is 48.3 Å². The number of aliphatic carboxylic acids is 1. The van der Waals surface area contributed by atoms with Crippen LogP contribution in [0.3, 0.4) is 0 Å². The Hall–Kier alpha value is -11.9. The van der Waals surface area contributed by atoms with E-state index in [-0.39, 0.29) is 114 Å². The van der Waals surface area contributed by atoms with E-state index in [4.69, 9.17) is 22.9 Å². The quantitative estimate of drug-likeness (QED) is 0.0176. The number of carboxylic acid groups (broad SMARTS) is 1. The van der Waals surface area contributed by atoms with Crippen molar-refractivity contribution in [2.45, 2.75) is 216 Å². The summed E-state index contributed by atoms with van der Waals surface area (Å²) in [6.07, 6.45) is 10.6. The first-order chi connectivity index (χ1) is 56.8. The molecule has 2 fully saturated rings. The number of amides is 14. The third kappa shape index (κ3) is 27.6. The number of hydrogen-bond donors (Lipinski definition) is 19. The summed E-state index contributed by atoms with van der Waals surface area (Å²) in [5.74, 6) is -13.1. The number of allylic oxidation sites excluding steroid dienone is 1. The lowest BCUT2D eigenvalue weighted by atomic mass is 9.99. The number of aliphatic hydroxyl groups excluding tert-OH is 1. The first-order valence-electron chi connectivity index (χ1n) is 40.1. The molecule has 37 nitrogen and oxygen atoms in total. The third-order valence-electron chi connectivity index (χ3n) is 20.8. The summed E-state index contributed by atoms with van der Waals surface area (Å²) in [4.78, 5) is 226. The number of benzene rings is 2. The predicted molar refractivity (Wildman–Crippen MR) is 440 cm³/mol.